The van der Waals surface area contributed by atoms with E-state index >= 15 is 0 Å². The molecule has 106 valence electrons. The zero-order valence-corrected chi connectivity index (χ0v) is 12.0. The summed E-state index contributed by atoms with van der Waals surface area (Å²) in [7, 11) is -1.69. The Labute approximate surface area is 113 Å². The van der Waals surface area contributed by atoms with Gasteiger partial charge in [0.15, 0.2) is 21.3 Å². The Hall–Kier alpha value is -1.53. The third kappa shape index (κ3) is 4.57. The van der Waals surface area contributed by atoms with Crippen molar-refractivity contribution < 1.29 is 23.0 Å². The maximum atomic E-state index is 11.3. The van der Waals surface area contributed by atoms with Gasteiger partial charge < -0.3 is 14.6 Å². The smallest absolute Gasteiger partial charge is 0.171 e. The van der Waals surface area contributed by atoms with Crippen LogP contribution in [0.4, 0.5) is 0 Å². The van der Waals surface area contributed by atoms with Crippen LogP contribution in [0.25, 0.3) is 6.08 Å². The van der Waals surface area contributed by atoms with Gasteiger partial charge in [0.2, 0.25) is 0 Å². The molecule has 0 amide bonds. The molecule has 0 heterocycles. The van der Waals surface area contributed by atoms with Crippen molar-refractivity contribution in [1.29, 1.82) is 0 Å². The highest BCUT2D eigenvalue weighted by molar-refractivity contribution is 7.94. The molecule has 0 aromatic heterocycles. The number of aliphatic hydroxyl groups is 1. The molecular formula is C13H18O5S. The summed E-state index contributed by atoms with van der Waals surface area (Å²) in [5.41, 5.74) is 0.705. The van der Waals surface area contributed by atoms with E-state index in [9.17, 15) is 8.42 Å². The second kappa shape index (κ2) is 6.58. The Kier molecular flexibility index (Phi) is 5.38. The Morgan fingerprint density at radius 1 is 1.37 bits per heavy atom. The van der Waals surface area contributed by atoms with Gasteiger partial charge >= 0.3 is 0 Å². The minimum Gasteiger partial charge on any atom is -0.493 e. The van der Waals surface area contributed by atoms with Crippen LogP contribution in [0.2, 0.25) is 0 Å². The van der Waals surface area contributed by atoms with Crippen LogP contribution in [0, 0.1) is 0 Å². The van der Waals surface area contributed by atoms with E-state index in [1.165, 1.54) is 14.0 Å². The third-order valence-electron chi connectivity index (χ3n) is 2.49. The zero-order chi connectivity index (χ0) is 14.5. The molecule has 19 heavy (non-hydrogen) atoms. The first-order chi connectivity index (χ1) is 8.88. The van der Waals surface area contributed by atoms with E-state index < -0.39 is 9.84 Å². The molecule has 1 rings (SSSR count). The summed E-state index contributed by atoms with van der Waals surface area (Å²) >= 11 is 0. The SMILES string of the molecule is COc1cc(C=C(C)S(C)(=O)=O)ccc1OCCO. The molecular weight excluding hydrogens is 268 g/mol. The Bertz CT molecular complexity index is 560. The van der Waals surface area contributed by atoms with Crippen molar-refractivity contribution in [3.8, 4) is 11.5 Å². The van der Waals surface area contributed by atoms with Gasteiger partial charge in [0, 0.05) is 11.2 Å². The number of hydrogen-bond acceptors (Lipinski definition) is 5. The number of sulfone groups is 1. The highest BCUT2D eigenvalue weighted by atomic mass is 32.2. The van der Waals surface area contributed by atoms with Gasteiger partial charge in [-0.05, 0) is 30.7 Å². The number of allylic oxidation sites excluding steroid dienone is 1. The molecule has 6 heteroatoms. The molecule has 1 aromatic rings. The van der Waals surface area contributed by atoms with Crippen molar-refractivity contribution in [3.05, 3.63) is 28.7 Å². The van der Waals surface area contributed by atoms with Gasteiger partial charge in [-0.3, -0.25) is 0 Å². The molecule has 0 aliphatic rings. The van der Waals surface area contributed by atoms with Crippen molar-refractivity contribution in [2.45, 2.75) is 6.92 Å². The lowest BCUT2D eigenvalue weighted by Crippen LogP contribution is -2.03. The molecule has 0 saturated carbocycles. The quantitative estimate of drug-likeness (QED) is 0.857. The van der Waals surface area contributed by atoms with E-state index in [4.69, 9.17) is 14.6 Å². The Morgan fingerprint density at radius 3 is 2.58 bits per heavy atom. The van der Waals surface area contributed by atoms with Crippen LogP contribution in [0.15, 0.2) is 23.1 Å². The van der Waals surface area contributed by atoms with Crippen LogP contribution in [0.1, 0.15) is 12.5 Å². The number of hydrogen-bond donors (Lipinski definition) is 1. The van der Waals surface area contributed by atoms with Crippen molar-refractivity contribution >= 4 is 15.9 Å². The van der Waals surface area contributed by atoms with E-state index in [0.29, 0.717) is 17.1 Å². The molecule has 0 atom stereocenters. The Balaban J connectivity index is 3.07. The molecule has 1 aromatic carbocycles. The number of methoxy groups -OCH3 is 1. The number of rotatable bonds is 6. The number of ether oxygens (including phenoxy) is 2. The topological polar surface area (TPSA) is 72.8 Å². The zero-order valence-electron chi connectivity index (χ0n) is 11.2. The highest BCUT2D eigenvalue weighted by Gasteiger charge is 2.08. The van der Waals surface area contributed by atoms with Crippen LogP contribution in [-0.4, -0.2) is 40.1 Å². The highest BCUT2D eigenvalue weighted by Crippen LogP contribution is 2.29. The second-order valence-corrected chi connectivity index (χ2v) is 6.20. The van der Waals surface area contributed by atoms with E-state index in [1.807, 2.05) is 0 Å². The lowest BCUT2D eigenvalue weighted by molar-refractivity contribution is 0.196. The first-order valence-electron chi connectivity index (χ1n) is 5.68. The fourth-order valence-corrected chi connectivity index (χ4v) is 1.74. The van der Waals surface area contributed by atoms with Gasteiger partial charge in [0.1, 0.15) is 6.61 Å². The molecule has 0 aliphatic carbocycles. The predicted molar refractivity (Wildman–Crippen MR) is 74.1 cm³/mol. The van der Waals surface area contributed by atoms with Crippen LogP contribution < -0.4 is 9.47 Å². The summed E-state index contributed by atoms with van der Waals surface area (Å²) in [4.78, 5) is 0.276. The fourth-order valence-electron chi connectivity index (χ4n) is 1.39. The van der Waals surface area contributed by atoms with Crippen LogP contribution in [0.3, 0.4) is 0 Å². The lowest BCUT2D eigenvalue weighted by Gasteiger charge is -2.10. The van der Waals surface area contributed by atoms with Crippen molar-refractivity contribution in [2.75, 3.05) is 26.6 Å². The van der Waals surface area contributed by atoms with E-state index in [1.54, 1.807) is 24.3 Å². The van der Waals surface area contributed by atoms with Gasteiger partial charge in [0.25, 0.3) is 0 Å². The first-order valence-corrected chi connectivity index (χ1v) is 7.57. The summed E-state index contributed by atoms with van der Waals surface area (Å²) in [6.07, 6.45) is 2.72. The normalized spacial score (nSPS) is 12.3. The molecule has 1 N–H and O–H groups in total. The average Bonchev–Trinajstić information content (AvgIpc) is 2.35. The van der Waals surface area contributed by atoms with Crippen LogP contribution >= 0.6 is 0 Å². The minimum absolute atomic E-state index is 0.0853. The predicted octanol–water partition coefficient (Wildman–Crippen LogP) is 1.47. The molecule has 0 bridgehead atoms. The fraction of sp³-hybridized carbons (Fsp3) is 0.385. The summed E-state index contributed by atoms with van der Waals surface area (Å²) in [6, 6.07) is 5.08. The second-order valence-electron chi connectivity index (χ2n) is 4.01. The van der Waals surface area contributed by atoms with E-state index in [0.717, 1.165) is 6.26 Å². The average molecular weight is 286 g/mol. The van der Waals surface area contributed by atoms with Crippen LogP contribution in [0.5, 0.6) is 11.5 Å². The maximum absolute atomic E-state index is 11.3. The molecule has 0 fully saturated rings. The van der Waals surface area contributed by atoms with Gasteiger partial charge in [-0.2, -0.15) is 0 Å². The number of aliphatic hydroxyl groups excluding tert-OH is 1. The molecule has 0 aliphatic heterocycles. The summed E-state index contributed by atoms with van der Waals surface area (Å²) in [6.45, 7) is 1.63. The van der Waals surface area contributed by atoms with Crippen molar-refractivity contribution in [2.24, 2.45) is 0 Å². The minimum atomic E-state index is -3.19. The Morgan fingerprint density at radius 2 is 2.05 bits per heavy atom. The third-order valence-corrected chi connectivity index (χ3v) is 3.78. The largest absolute Gasteiger partial charge is 0.493 e. The molecule has 5 nitrogen and oxygen atoms in total. The van der Waals surface area contributed by atoms with E-state index in [2.05, 4.69) is 0 Å². The first kappa shape index (κ1) is 15.5. The molecule has 0 spiro atoms. The maximum Gasteiger partial charge on any atom is 0.171 e. The van der Waals surface area contributed by atoms with Gasteiger partial charge in [0.05, 0.1) is 13.7 Å². The number of benzene rings is 1. The van der Waals surface area contributed by atoms with Gasteiger partial charge in [-0.1, -0.05) is 6.07 Å². The standard InChI is InChI=1S/C13H18O5S/c1-10(19(3,15)16)8-11-4-5-12(18-7-6-14)13(9-11)17-2/h4-5,8-9,14H,6-7H2,1-3H3. The van der Waals surface area contributed by atoms with Crippen molar-refractivity contribution in [1.82, 2.24) is 0 Å². The van der Waals surface area contributed by atoms with Crippen molar-refractivity contribution in [3.63, 3.8) is 0 Å². The monoisotopic (exact) mass is 286 g/mol. The van der Waals surface area contributed by atoms with E-state index in [-0.39, 0.29) is 18.1 Å². The molecule has 0 unspecified atom stereocenters. The summed E-state index contributed by atoms with van der Waals surface area (Å²) < 4.78 is 33.1. The summed E-state index contributed by atoms with van der Waals surface area (Å²) in [5.74, 6) is 0.995. The van der Waals surface area contributed by atoms with Crippen LogP contribution in [-0.2, 0) is 9.84 Å². The summed E-state index contributed by atoms with van der Waals surface area (Å²) in [5, 5.41) is 8.71. The van der Waals surface area contributed by atoms with Gasteiger partial charge in [-0.15, -0.1) is 0 Å². The molecule has 0 saturated heterocycles. The van der Waals surface area contributed by atoms with Gasteiger partial charge in [-0.25, -0.2) is 8.42 Å². The lowest BCUT2D eigenvalue weighted by atomic mass is 10.2. The molecule has 0 radical (unpaired) electrons.